The van der Waals surface area contributed by atoms with E-state index in [9.17, 15) is 0 Å². The van der Waals surface area contributed by atoms with Crippen LogP contribution in [-0.2, 0) is 0 Å². The van der Waals surface area contributed by atoms with Crippen LogP contribution in [0.4, 0.5) is 5.69 Å². The molecule has 13 heavy (non-hydrogen) atoms. The van der Waals surface area contributed by atoms with Gasteiger partial charge in [0.25, 0.3) is 0 Å². The van der Waals surface area contributed by atoms with Crippen LogP contribution >= 0.6 is 24.8 Å². The molecule has 0 amide bonds. The van der Waals surface area contributed by atoms with E-state index in [1.54, 1.807) is 0 Å². The number of hydrogen-bond donors (Lipinski definition) is 2. The van der Waals surface area contributed by atoms with Crippen molar-refractivity contribution in [1.29, 1.82) is 0 Å². The summed E-state index contributed by atoms with van der Waals surface area (Å²) in [5.74, 6) is 0.831. The van der Waals surface area contributed by atoms with Crippen molar-refractivity contribution in [3.63, 3.8) is 0 Å². The van der Waals surface area contributed by atoms with E-state index >= 15 is 0 Å². The van der Waals surface area contributed by atoms with Gasteiger partial charge < -0.3 is 10.1 Å². The number of hydrogen-bond acceptors (Lipinski definition) is 2. The first kappa shape index (κ1) is 10.3. The Morgan fingerprint density at radius 1 is 1.62 bits per heavy atom. The summed E-state index contributed by atoms with van der Waals surface area (Å²) in [4.78, 5) is 0. The number of nitrogens with one attached hydrogen (secondary N) is 1. The predicted octanol–water partition coefficient (Wildman–Crippen LogP) is 2.71. The molecule has 4 heteroatoms. The van der Waals surface area contributed by atoms with Crippen molar-refractivity contribution in [3.05, 3.63) is 24.3 Å². The van der Waals surface area contributed by atoms with Crippen molar-refractivity contribution in [3.8, 4) is 5.75 Å². The summed E-state index contributed by atoms with van der Waals surface area (Å²) in [6, 6.07) is 7.59. The highest BCUT2D eigenvalue weighted by atomic mass is 32.1. The molecule has 0 unspecified atom stereocenters. The van der Waals surface area contributed by atoms with Crippen molar-refractivity contribution < 1.29 is 4.74 Å². The van der Waals surface area contributed by atoms with Crippen molar-refractivity contribution >= 4 is 34.9 Å². The van der Waals surface area contributed by atoms with Gasteiger partial charge in [-0.05, 0) is 19.1 Å². The van der Waals surface area contributed by atoms with Crippen LogP contribution in [0.3, 0.4) is 0 Å². The molecule has 0 fully saturated rings. The third kappa shape index (κ3) is 3.65. The van der Waals surface area contributed by atoms with Crippen LogP contribution < -0.4 is 10.1 Å². The molecule has 1 rings (SSSR count). The predicted molar refractivity (Wildman–Crippen MR) is 62.8 cm³/mol. The first-order valence-electron chi connectivity index (χ1n) is 3.95. The van der Waals surface area contributed by atoms with Crippen LogP contribution in [0.5, 0.6) is 5.75 Å². The van der Waals surface area contributed by atoms with Crippen LogP contribution in [0.2, 0.25) is 0 Å². The summed E-state index contributed by atoms with van der Waals surface area (Å²) in [6.07, 6.45) is 0. The highest BCUT2D eigenvalue weighted by molar-refractivity contribution is 8.11. The number of anilines is 1. The Morgan fingerprint density at radius 3 is 3.00 bits per heavy atom. The Kier molecular flexibility index (Phi) is 4.05. The molecule has 0 aromatic heterocycles. The van der Waals surface area contributed by atoms with Crippen molar-refractivity contribution in [1.82, 2.24) is 0 Å². The molecule has 0 saturated carbocycles. The number of thiocarbonyl (C=S) groups is 1. The van der Waals surface area contributed by atoms with Gasteiger partial charge in [0.1, 0.15) is 10.1 Å². The first-order valence-corrected chi connectivity index (χ1v) is 4.80. The lowest BCUT2D eigenvalue weighted by Crippen LogP contribution is -2.01. The second kappa shape index (κ2) is 5.09. The van der Waals surface area contributed by atoms with E-state index in [1.165, 1.54) is 0 Å². The summed E-state index contributed by atoms with van der Waals surface area (Å²) in [7, 11) is 0. The fourth-order valence-corrected chi connectivity index (χ4v) is 1.20. The lowest BCUT2D eigenvalue weighted by atomic mass is 10.3. The Bertz CT molecular complexity index is 301. The highest BCUT2D eigenvalue weighted by Gasteiger charge is 1.95. The maximum Gasteiger partial charge on any atom is 0.135 e. The van der Waals surface area contributed by atoms with Crippen LogP contribution in [0, 0.1) is 0 Å². The van der Waals surface area contributed by atoms with E-state index in [0.29, 0.717) is 10.9 Å². The summed E-state index contributed by atoms with van der Waals surface area (Å²) in [5, 5.41) is 2.92. The second-order valence-electron chi connectivity index (χ2n) is 2.39. The third-order valence-corrected chi connectivity index (χ3v) is 1.61. The molecule has 0 aliphatic rings. The van der Waals surface area contributed by atoms with E-state index in [-0.39, 0.29) is 0 Å². The molecular formula is C9H11NOS2. The van der Waals surface area contributed by atoms with E-state index < -0.39 is 0 Å². The van der Waals surface area contributed by atoms with Gasteiger partial charge in [-0.25, -0.2) is 0 Å². The topological polar surface area (TPSA) is 21.3 Å². The average Bonchev–Trinajstić information content (AvgIpc) is 2.04. The van der Waals surface area contributed by atoms with Gasteiger partial charge in [-0.15, -0.1) is 12.6 Å². The van der Waals surface area contributed by atoms with Gasteiger partial charge in [-0.3, -0.25) is 0 Å². The van der Waals surface area contributed by atoms with Crippen LogP contribution in [-0.4, -0.2) is 10.9 Å². The van der Waals surface area contributed by atoms with Crippen LogP contribution in [0.15, 0.2) is 24.3 Å². The van der Waals surface area contributed by atoms with Gasteiger partial charge in [0.05, 0.1) is 6.61 Å². The van der Waals surface area contributed by atoms with E-state index in [0.717, 1.165) is 11.4 Å². The minimum atomic E-state index is 0.452. The zero-order valence-corrected chi connectivity index (χ0v) is 8.99. The SMILES string of the molecule is CCOc1cccc(NC(=S)S)c1. The Balaban J connectivity index is 2.73. The van der Waals surface area contributed by atoms with Gasteiger partial charge >= 0.3 is 0 Å². The zero-order valence-electron chi connectivity index (χ0n) is 7.28. The number of rotatable bonds is 3. The summed E-state index contributed by atoms with van der Waals surface area (Å²) in [5.41, 5.74) is 0.894. The molecule has 0 aliphatic heterocycles. The van der Waals surface area contributed by atoms with Gasteiger partial charge in [0.15, 0.2) is 0 Å². The van der Waals surface area contributed by atoms with Gasteiger partial charge in [0.2, 0.25) is 0 Å². The van der Waals surface area contributed by atoms with Crippen molar-refractivity contribution in [2.75, 3.05) is 11.9 Å². The molecule has 0 aliphatic carbocycles. The monoisotopic (exact) mass is 213 g/mol. The molecule has 1 N–H and O–H groups in total. The molecule has 0 atom stereocenters. The van der Waals surface area contributed by atoms with E-state index in [1.807, 2.05) is 31.2 Å². The summed E-state index contributed by atoms with van der Waals surface area (Å²) >= 11 is 8.77. The quantitative estimate of drug-likeness (QED) is 0.595. The normalized spacial score (nSPS) is 9.38. The fourth-order valence-electron chi connectivity index (χ4n) is 0.954. The largest absolute Gasteiger partial charge is 0.494 e. The fraction of sp³-hybridized carbons (Fsp3) is 0.222. The second-order valence-corrected chi connectivity index (χ2v) is 3.55. The summed E-state index contributed by atoms with van der Waals surface area (Å²) < 4.78 is 5.77. The Morgan fingerprint density at radius 2 is 2.38 bits per heavy atom. The van der Waals surface area contributed by atoms with Gasteiger partial charge in [0, 0.05) is 11.8 Å². The number of benzene rings is 1. The Labute approximate surface area is 88.7 Å². The van der Waals surface area contributed by atoms with Gasteiger partial charge in [-0.2, -0.15) is 0 Å². The van der Waals surface area contributed by atoms with Crippen molar-refractivity contribution in [2.45, 2.75) is 6.92 Å². The first-order chi connectivity index (χ1) is 6.22. The smallest absolute Gasteiger partial charge is 0.135 e. The van der Waals surface area contributed by atoms with Crippen LogP contribution in [0.25, 0.3) is 0 Å². The minimum absolute atomic E-state index is 0.452. The lowest BCUT2D eigenvalue weighted by molar-refractivity contribution is 0.340. The molecule has 1 aromatic rings. The molecule has 0 heterocycles. The zero-order chi connectivity index (χ0) is 9.68. The maximum absolute atomic E-state index is 5.32. The lowest BCUT2D eigenvalue weighted by Gasteiger charge is -2.06. The molecule has 2 nitrogen and oxygen atoms in total. The summed E-state index contributed by atoms with van der Waals surface area (Å²) in [6.45, 7) is 2.61. The van der Waals surface area contributed by atoms with Crippen LogP contribution in [0.1, 0.15) is 6.92 Å². The van der Waals surface area contributed by atoms with E-state index in [4.69, 9.17) is 17.0 Å². The molecule has 0 radical (unpaired) electrons. The molecule has 0 spiro atoms. The molecule has 0 bridgehead atoms. The Hall–Kier alpha value is -0.740. The number of thiol groups is 1. The number of ether oxygens (including phenoxy) is 1. The minimum Gasteiger partial charge on any atom is -0.494 e. The maximum atomic E-state index is 5.32. The molecule has 70 valence electrons. The van der Waals surface area contributed by atoms with Crippen molar-refractivity contribution in [2.24, 2.45) is 0 Å². The highest BCUT2D eigenvalue weighted by Crippen LogP contribution is 2.17. The van der Waals surface area contributed by atoms with Gasteiger partial charge in [-0.1, -0.05) is 18.3 Å². The standard InChI is InChI=1S/C9H11NOS2/c1-2-11-8-5-3-4-7(6-8)10-9(12)13/h3-6H,2H2,1H3,(H2,10,12,13). The molecule has 1 aromatic carbocycles. The molecule has 0 saturated heterocycles. The molecular weight excluding hydrogens is 202 g/mol. The third-order valence-electron chi connectivity index (χ3n) is 1.40. The van der Waals surface area contributed by atoms with E-state index in [2.05, 4.69) is 17.9 Å². The average molecular weight is 213 g/mol.